The van der Waals surface area contributed by atoms with Crippen LogP contribution in [-0.4, -0.2) is 30.5 Å². The minimum absolute atomic E-state index is 0.718. The summed E-state index contributed by atoms with van der Waals surface area (Å²) < 4.78 is 10.6. The molecule has 0 bridgehead atoms. The number of benzene rings is 3. The third-order valence-electron chi connectivity index (χ3n) is 4.90. The molecule has 0 aromatic heterocycles. The molecule has 0 unspecified atom stereocenters. The second-order valence-corrected chi connectivity index (χ2v) is 8.26. The predicted molar refractivity (Wildman–Crippen MR) is 132 cm³/mol. The van der Waals surface area contributed by atoms with E-state index in [-0.39, 0.29) is 0 Å². The van der Waals surface area contributed by atoms with E-state index in [4.69, 9.17) is 26.1 Å². The summed E-state index contributed by atoms with van der Waals surface area (Å²) in [6.07, 6.45) is 2.05. The first-order valence-corrected chi connectivity index (χ1v) is 11.5. The number of aliphatic imine (C=N–C) groups is 1. The highest BCUT2D eigenvalue weighted by Gasteiger charge is 2.14. The minimum Gasteiger partial charge on any atom is -0.497 e. The molecule has 0 aliphatic heterocycles. The lowest BCUT2D eigenvalue weighted by molar-refractivity contribution is 0.405. The second-order valence-electron chi connectivity index (χ2n) is 7.08. The number of rotatable bonds is 7. The zero-order chi connectivity index (χ0) is 22.2. The van der Waals surface area contributed by atoms with Gasteiger partial charge < -0.3 is 14.4 Å². The van der Waals surface area contributed by atoms with Crippen LogP contribution in [0.2, 0.25) is 5.02 Å². The average molecular weight is 455 g/mol. The van der Waals surface area contributed by atoms with E-state index in [2.05, 4.69) is 29.2 Å². The van der Waals surface area contributed by atoms with Gasteiger partial charge in [0.15, 0.2) is 5.17 Å². The van der Waals surface area contributed by atoms with Crippen LogP contribution in [-0.2, 0) is 13.1 Å². The van der Waals surface area contributed by atoms with Crippen LogP contribution in [0.3, 0.4) is 0 Å². The number of thioether (sulfide) groups is 1. The number of halogens is 1. The van der Waals surface area contributed by atoms with Crippen LogP contribution in [0, 0.1) is 6.92 Å². The molecule has 0 saturated heterocycles. The number of aryl methyl sites for hydroxylation is 1. The molecule has 0 saturated carbocycles. The van der Waals surface area contributed by atoms with Gasteiger partial charge in [-0.1, -0.05) is 53.7 Å². The largest absolute Gasteiger partial charge is 0.497 e. The maximum atomic E-state index is 6.32. The smallest absolute Gasteiger partial charge is 0.164 e. The van der Waals surface area contributed by atoms with Crippen LogP contribution in [0.25, 0.3) is 0 Å². The van der Waals surface area contributed by atoms with Crippen LogP contribution in [0.1, 0.15) is 16.7 Å². The summed E-state index contributed by atoms with van der Waals surface area (Å²) in [5.41, 5.74) is 4.24. The summed E-state index contributed by atoms with van der Waals surface area (Å²) in [7, 11) is 3.35. The van der Waals surface area contributed by atoms with Gasteiger partial charge >= 0.3 is 0 Å². The van der Waals surface area contributed by atoms with Crippen LogP contribution in [0.4, 0.5) is 5.69 Å². The highest BCUT2D eigenvalue weighted by molar-refractivity contribution is 8.13. The number of amidine groups is 1. The molecule has 162 valence electrons. The minimum atomic E-state index is 0.718. The summed E-state index contributed by atoms with van der Waals surface area (Å²) >= 11 is 7.94. The van der Waals surface area contributed by atoms with E-state index in [0.29, 0.717) is 0 Å². The lowest BCUT2D eigenvalue weighted by atomic mass is 10.1. The number of ether oxygens (including phenoxy) is 2. The Kier molecular flexibility index (Phi) is 8.27. The molecule has 0 heterocycles. The predicted octanol–water partition coefficient (Wildman–Crippen LogP) is 6.72. The molecule has 0 N–H and O–H groups in total. The van der Waals surface area contributed by atoms with Crippen LogP contribution < -0.4 is 9.47 Å². The zero-order valence-electron chi connectivity index (χ0n) is 18.3. The van der Waals surface area contributed by atoms with Gasteiger partial charge in [0.05, 0.1) is 19.9 Å². The van der Waals surface area contributed by atoms with Crippen LogP contribution in [0.15, 0.2) is 71.7 Å². The summed E-state index contributed by atoms with van der Waals surface area (Å²) in [5.74, 6) is 1.69. The molecule has 3 aromatic carbocycles. The van der Waals surface area contributed by atoms with E-state index in [1.165, 1.54) is 11.1 Å². The normalized spacial score (nSPS) is 11.3. The molecule has 0 aliphatic rings. The molecule has 3 rings (SSSR count). The lowest BCUT2D eigenvalue weighted by Crippen LogP contribution is -2.27. The second kappa shape index (κ2) is 11.1. The monoisotopic (exact) mass is 454 g/mol. The summed E-state index contributed by atoms with van der Waals surface area (Å²) in [6, 6.07) is 22.2. The van der Waals surface area contributed by atoms with E-state index in [9.17, 15) is 0 Å². The maximum Gasteiger partial charge on any atom is 0.164 e. The molecule has 0 aliphatic carbocycles. The number of methoxy groups -OCH3 is 2. The SMILES string of the molecule is COc1ccc(CN(Cc2ccc(OC)cc2)C(=Nc2ccc(C)c(Cl)c2)SC)cc1. The van der Waals surface area contributed by atoms with Gasteiger partial charge in [0.2, 0.25) is 0 Å². The first-order chi connectivity index (χ1) is 15.0. The molecule has 0 atom stereocenters. The first-order valence-electron chi connectivity index (χ1n) is 9.92. The summed E-state index contributed by atoms with van der Waals surface area (Å²) in [6.45, 7) is 3.43. The molecule has 0 amide bonds. The van der Waals surface area contributed by atoms with Crippen molar-refractivity contribution in [1.82, 2.24) is 4.90 Å². The zero-order valence-corrected chi connectivity index (χ0v) is 19.8. The van der Waals surface area contributed by atoms with Crippen molar-refractivity contribution in [3.63, 3.8) is 0 Å². The summed E-state index contributed by atoms with van der Waals surface area (Å²) in [4.78, 5) is 7.18. The third-order valence-corrected chi connectivity index (χ3v) is 6.02. The fourth-order valence-electron chi connectivity index (χ4n) is 3.10. The van der Waals surface area contributed by atoms with Gasteiger partial charge in [-0.15, -0.1) is 0 Å². The lowest BCUT2D eigenvalue weighted by Gasteiger charge is -2.26. The van der Waals surface area contributed by atoms with E-state index in [1.807, 2.05) is 55.6 Å². The number of hydrogen-bond donors (Lipinski definition) is 0. The van der Waals surface area contributed by atoms with Crippen molar-refractivity contribution in [2.45, 2.75) is 20.0 Å². The Labute approximate surface area is 193 Å². The van der Waals surface area contributed by atoms with Gasteiger partial charge in [-0.05, 0) is 66.3 Å². The fraction of sp³-hybridized carbons (Fsp3) is 0.240. The van der Waals surface area contributed by atoms with Crippen molar-refractivity contribution in [3.8, 4) is 11.5 Å². The van der Waals surface area contributed by atoms with E-state index in [0.717, 1.165) is 46.0 Å². The van der Waals surface area contributed by atoms with Crippen molar-refractivity contribution in [3.05, 3.63) is 88.4 Å². The Morgan fingerprint density at radius 1 is 0.871 bits per heavy atom. The maximum absolute atomic E-state index is 6.32. The molecule has 3 aromatic rings. The van der Waals surface area contributed by atoms with Gasteiger partial charge in [0.25, 0.3) is 0 Å². The van der Waals surface area contributed by atoms with Gasteiger partial charge in [-0.25, -0.2) is 4.99 Å². The Balaban J connectivity index is 1.92. The average Bonchev–Trinajstić information content (AvgIpc) is 2.80. The summed E-state index contributed by atoms with van der Waals surface area (Å²) in [5, 5.41) is 1.64. The van der Waals surface area contributed by atoms with Crippen molar-refractivity contribution in [2.24, 2.45) is 4.99 Å². The Hall–Kier alpha value is -2.63. The van der Waals surface area contributed by atoms with Gasteiger partial charge in [-0.2, -0.15) is 0 Å². The van der Waals surface area contributed by atoms with Crippen molar-refractivity contribution in [2.75, 3.05) is 20.5 Å². The van der Waals surface area contributed by atoms with Gasteiger partial charge in [0, 0.05) is 18.1 Å². The standard InChI is InChI=1S/C25H27ClN2O2S/c1-18-5-10-21(15-24(18)26)27-25(31-4)28(16-19-6-11-22(29-2)12-7-19)17-20-8-13-23(30-3)14-9-20/h5-15H,16-17H2,1-4H3. The number of nitrogens with zero attached hydrogens (tertiary/aromatic N) is 2. The molecule has 31 heavy (non-hydrogen) atoms. The van der Waals surface area contributed by atoms with Crippen molar-refractivity contribution < 1.29 is 9.47 Å². The van der Waals surface area contributed by atoms with Gasteiger partial charge in [-0.3, -0.25) is 0 Å². The Morgan fingerprint density at radius 2 is 1.39 bits per heavy atom. The van der Waals surface area contributed by atoms with Crippen molar-refractivity contribution >= 4 is 34.2 Å². The molecule has 4 nitrogen and oxygen atoms in total. The highest BCUT2D eigenvalue weighted by Crippen LogP contribution is 2.25. The van der Waals surface area contributed by atoms with E-state index < -0.39 is 0 Å². The fourth-order valence-corrected chi connectivity index (χ4v) is 3.86. The molecular formula is C25H27ClN2O2S. The Morgan fingerprint density at radius 3 is 1.81 bits per heavy atom. The first kappa shape index (κ1) is 23.0. The molecule has 6 heteroatoms. The molecular weight excluding hydrogens is 428 g/mol. The highest BCUT2D eigenvalue weighted by atomic mass is 35.5. The van der Waals surface area contributed by atoms with E-state index >= 15 is 0 Å². The molecule has 0 fully saturated rings. The third kappa shape index (κ3) is 6.42. The Bertz CT molecular complexity index is 971. The van der Waals surface area contributed by atoms with Crippen LogP contribution in [0.5, 0.6) is 11.5 Å². The number of hydrogen-bond acceptors (Lipinski definition) is 4. The van der Waals surface area contributed by atoms with Gasteiger partial charge in [0.1, 0.15) is 11.5 Å². The topological polar surface area (TPSA) is 34.1 Å². The molecule has 0 radical (unpaired) electrons. The van der Waals surface area contributed by atoms with E-state index in [1.54, 1.807) is 26.0 Å². The van der Waals surface area contributed by atoms with Crippen molar-refractivity contribution in [1.29, 1.82) is 0 Å². The quantitative estimate of drug-likeness (QED) is 0.293. The van der Waals surface area contributed by atoms with Crippen LogP contribution >= 0.6 is 23.4 Å². The molecule has 0 spiro atoms.